The largest absolute Gasteiger partial charge is 0.481 e. The number of rotatable bonds is 7. The van der Waals surface area contributed by atoms with Crippen LogP contribution in [0.2, 0.25) is 0 Å². The predicted octanol–water partition coefficient (Wildman–Crippen LogP) is 4.64. The molecule has 3 aromatic rings. The molecular formula is C31H33NO7S2. The van der Waals surface area contributed by atoms with Crippen LogP contribution in [0.1, 0.15) is 59.9 Å². The summed E-state index contributed by atoms with van der Waals surface area (Å²) in [7, 11) is 0. The van der Waals surface area contributed by atoms with Gasteiger partial charge in [-0.25, -0.2) is 0 Å². The van der Waals surface area contributed by atoms with Crippen LogP contribution in [0.15, 0.2) is 24.3 Å². The molecule has 7 rings (SSSR count). The van der Waals surface area contributed by atoms with Crippen molar-refractivity contribution in [1.82, 2.24) is 4.90 Å². The molecule has 2 saturated carbocycles. The molecule has 4 heterocycles. The van der Waals surface area contributed by atoms with Gasteiger partial charge in [0.05, 0.1) is 23.9 Å². The van der Waals surface area contributed by atoms with Gasteiger partial charge in [-0.05, 0) is 75.8 Å². The van der Waals surface area contributed by atoms with E-state index in [1.165, 1.54) is 35.5 Å². The van der Waals surface area contributed by atoms with E-state index < -0.39 is 29.1 Å². The number of hydrogen-bond donors (Lipinski definition) is 2. The molecule has 41 heavy (non-hydrogen) atoms. The zero-order chi connectivity index (χ0) is 28.7. The highest BCUT2D eigenvalue weighted by atomic mass is 32.1. The summed E-state index contributed by atoms with van der Waals surface area (Å²) in [4.78, 5) is 41.5. The molecular weight excluding hydrogens is 562 g/mol. The number of hydrogen-bond acceptors (Lipinski definition) is 9. The standard InChI is InChI=1S/C31H33NO7S2/c1-16-3-6-22(38-26(36)14-20-12-24-23(41-20)11-19(40-24)13-25(34)35)28-27(16)30-9-10-32(15-18-4-5-18)17(2)31(30,37)8-7-21(33)29(30)39-28/h3,6,11-12,17-18,29,37H,4-5,7-10,13-15H2,1-2H3,(H,34,35)/t17-,29+,30+,31-/m1/s1. The van der Waals surface area contributed by atoms with Gasteiger partial charge in [0.2, 0.25) is 0 Å². The summed E-state index contributed by atoms with van der Waals surface area (Å²) < 4.78 is 14.2. The number of esters is 1. The van der Waals surface area contributed by atoms with Crippen LogP contribution in [0, 0.1) is 12.8 Å². The number of aliphatic hydroxyl groups is 1. The van der Waals surface area contributed by atoms with E-state index in [1.54, 1.807) is 6.07 Å². The first-order chi connectivity index (χ1) is 19.6. The Morgan fingerprint density at radius 3 is 2.51 bits per heavy atom. The quantitative estimate of drug-likeness (QED) is 0.300. The Hall–Kier alpha value is -2.79. The number of thiophene rings is 2. The minimum Gasteiger partial charge on any atom is -0.481 e. The van der Waals surface area contributed by atoms with E-state index in [4.69, 9.17) is 14.6 Å². The molecule has 8 nitrogen and oxygen atoms in total. The van der Waals surface area contributed by atoms with Gasteiger partial charge < -0.3 is 19.7 Å². The van der Waals surface area contributed by atoms with Crippen molar-refractivity contribution in [3.05, 3.63) is 45.1 Å². The molecule has 2 aromatic heterocycles. The van der Waals surface area contributed by atoms with Crippen LogP contribution < -0.4 is 9.47 Å². The average molecular weight is 596 g/mol. The molecule has 0 amide bonds. The Morgan fingerprint density at radius 1 is 1.12 bits per heavy atom. The van der Waals surface area contributed by atoms with E-state index in [0.717, 1.165) is 43.4 Å². The maximum absolute atomic E-state index is 13.4. The molecule has 4 atom stereocenters. The molecule has 1 spiro atoms. The topological polar surface area (TPSA) is 113 Å². The van der Waals surface area contributed by atoms with Crippen molar-refractivity contribution in [1.29, 1.82) is 0 Å². The Balaban J connectivity index is 1.18. The number of fused-ring (bicyclic) bond motifs is 2. The molecule has 0 unspecified atom stereocenters. The molecule has 216 valence electrons. The summed E-state index contributed by atoms with van der Waals surface area (Å²) in [6.45, 7) is 5.82. The summed E-state index contributed by atoms with van der Waals surface area (Å²) in [5.41, 5.74) is -0.285. The Labute approximate surface area is 245 Å². The van der Waals surface area contributed by atoms with Crippen molar-refractivity contribution >= 4 is 49.8 Å². The third-order valence-corrected chi connectivity index (χ3v) is 12.0. The van der Waals surface area contributed by atoms with Crippen molar-refractivity contribution in [2.45, 2.75) is 82.0 Å². The minimum atomic E-state index is -1.14. The van der Waals surface area contributed by atoms with Crippen molar-refractivity contribution in [3.63, 3.8) is 0 Å². The van der Waals surface area contributed by atoms with Gasteiger partial charge in [-0.1, -0.05) is 6.07 Å². The fraction of sp³-hybridized carbons (Fsp3) is 0.516. The van der Waals surface area contributed by atoms with Crippen molar-refractivity contribution in [2.75, 3.05) is 13.1 Å². The highest BCUT2D eigenvalue weighted by molar-refractivity contribution is 7.27. The van der Waals surface area contributed by atoms with Crippen LogP contribution in [-0.2, 0) is 32.6 Å². The lowest BCUT2D eigenvalue weighted by Crippen LogP contribution is -2.74. The number of aliphatic carboxylic acids is 1. The molecule has 0 bridgehead atoms. The van der Waals surface area contributed by atoms with Gasteiger partial charge in [-0.2, -0.15) is 0 Å². The molecule has 4 aliphatic rings. The summed E-state index contributed by atoms with van der Waals surface area (Å²) >= 11 is 2.88. The number of Topliss-reactive ketones (excluding diaryl/α,β-unsaturated/α-hetero) is 1. The molecule has 0 radical (unpaired) electrons. The number of benzene rings is 1. The van der Waals surface area contributed by atoms with E-state index >= 15 is 0 Å². The monoisotopic (exact) mass is 595 g/mol. The van der Waals surface area contributed by atoms with E-state index in [2.05, 4.69) is 11.8 Å². The van der Waals surface area contributed by atoms with Crippen LogP contribution in [-0.4, -0.2) is 63.7 Å². The highest BCUT2D eigenvalue weighted by Gasteiger charge is 2.70. The lowest BCUT2D eigenvalue weighted by Gasteiger charge is -2.59. The van der Waals surface area contributed by atoms with Gasteiger partial charge in [-0.3, -0.25) is 19.3 Å². The summed E-state index contributed by atoms with van der Waals surface area (Å²) in [5.74, 6) is 0.0671. The van der Waals surface area contributed by atoms with Crippen LogP contribution in [0.4, 0.5) is 0 Å². The van der Waals surface area contributed by atoms with Gasteiger partial charge in [0.1, 0.15) is 0 Å². The first-order valence-electron chi connectivity index (χ1n) is 14.3. The van der Waals surface area contributed by atoms with Crippen LogP contribution >= 0.6 is 22.7 Å². The lowest BCUT2D eigenvalue weighted by molar-refractivity contribution is -0.181. The smallest absolute Gasteiger partial charge is 0.316 e. The summed E-state index contributed by atoms with van der Waals surface area (Å²) in [6, 6.07) is 7.27. The lowest BCUT2D eigenvalue weighted by atomic mass is 9.52. The number of nitrogens with zero attached hydrogens (tertiary/aromatic N) is 1. The van der Waals surface area contributed by atoms with Crippen LogP contribution in [0.3, 0.4) is 0 Å². The van der Waals surface area contributed by atoms with Crippen molar-refractivity contribution < 1.29 is 34.1 Å². The maximum Gasteiger partial charge on any atom is 0.316 e. The highest BCUT2D eigenvalue weighted by Crippen LogP contribution is 2.62. The Morgan fingerprint density at radius 2 is 1.83 bits per heavy atom. The number of carbonyl (C=O) groups is 3. The number of likely N-dealkylation sites (tertiary alicyclic amines) is 1. The molecule has 10 heteroatoms. The molecule has 2 aliphatic carbocycles. The van der Waals surface area contributed by atoms with Gasteiger partial charge in [0.15, 0.2) is 23.4 Å². The minimum absolute atomic E-state index is 0.00804. The first kappa shape index (κ1) is 27.1. The Bertz CT molecular complexity index is 1560. The van der Waals surface area contributed by atoms with Gasteiger partial charge in [0, 0.05) is 43.7 Å². The second-order valence-corrected chi connectivity index (χ2v) is 14.5. The second kappa shape index (κ2) is 9.62. The predicted molar refractivity (Wildman–Crippen MR) is 155 cm³/mol. The zero-order valence-corrected chi connectivity index (χ0v) is 24.7. The van der Waals surface area contributed by atoms with E-state index in [9.17, 15) is 19.5 Å². The van der Waals surface area contributed by atoms with Crippen molar-refractivity contribution in [2.24, 2.45) is 5.92 Å². The molecule has 1 aromatic carbocycles. The van der Waals surface area contributed by atoms with E-state index in [-0.39, 0.29) is 36.8 Å². The number of ketones is 1. The maximum atomic E-state index is 13.4. The SMILES string of the molecule is Cc1ccc(OC(=O)Cc2cc3sc(CC(=O)O)cc3s2)c2c1[C@]13CCN(CC4CC4)[C@H](C)[C@]1(O)CCC(=O)[C@@H]3O2. The second-order valence-electron chi connectivity index (χ2n) is 12.2. The van der Waals surface area contributed by atoms with Gasteiger partial charge in [-0.15, -0.1) is 22.7 Å². The number of aryl methyl sites for hydroxylation is 1. The van der Waals surface area contributed by atoms with E-state index in [1.807, 2.05) is 25.1 Å². The third kappa shape index (κ3) is 4.25. The van der Waals surface area contributed by atoms with Gasteiger partial charge in [0.25, 0.3) is 0 Å². The fourth-order valence-electron chi connectivity index (χ4n) is 7.53. The number of carboxylic acids is 1. The summed E-state index contributed by atoms with van der Waals surface area (Å²) in [6.07, 6.45) is 2.98. The molecule has 3 fully saturated rings. The normalized spacial score (nSPS) is 29.1. The fourth-order valence-corrected chi connectivity index (χ4v) is 9.95. The summed E-state index contributed by atoms with van der Waals surface area (Å²) in [5, 5.41) is 21.5. The Kier molecular flexibility index (Phi) is 6.35. The van der Waals surface area contributed by atoms with E-state index in [0.29, 0.717) is 24.5 Å². The average Bonchev–Trinajstić information content (AvgIpc) is 3.38. The van der Waals surface area contributed by atoms with Crippen LogP contribution in [0.5, 0.6) is 11.5 Å². The third-order valence-electron chi connectivity index (χ3n) is 9.68. The number of carbonyl (C=O) groups excluding carboxylic acids is 2. The van der Waals surface area contributed by atoms with Gasteiger partial charge >= 0.3 is 11.9 Å². The molecule has 2 aliphatic heterocycles. The first-order valence-corrected chi connectivity index (χ1v) is 16.0. The number of carboxylic acid groups (broad SMARTS) is 1. The van der Waals surface area contributed by atoms with Crippen LogP contribution in [0.25, 0.3) is 9.40 Å². The number of piperidine rings is 1. The van der Waals surface area contributed by atoms with Crippen molar-refractivity contribution in [3.8, 4) is 11.5 Å². The molecule has 1 saturated heterocycles. The number of ether oxygens (including phenoxy) is 2. The zero-order valence-electron chi connectivity index (χ0n) is 23.1. The molecule has 2 N–H and O–H groups in total.